The van der Waals surface area contributed by atoms with Gasteiger partial charge in [0.2, 0.25) is 5.75 Å². The molecule has 1 aliphatic heterocycles. The zero-order chi connectivity index (χ0) is 15.8. The van der Waals surface area contributed by atoms with E-state index in [0.29, 0.717) is 17.2 Å². The second-order valence-corrected chi connectivity index (χ2v) is 5.16. The van der Waals surface area contributed by atoms with Crippen LogP contribution in [0.3, 0.4) is 0 Å². The standard InChI is InChI=1S/C16H26N2O4/c1-19-14-10-13(11-15(20-2)16(14)21-3)12-17-4-5-18-6-8-22-9-7-18/h10-11,17H,4-9,12H2,1-3H3. The molecule has 0 unspecified atom stereocenters. The Hall–Kier alpha value is -1.50. The molecule has 1 fully saturated rings. The van der Waals surface area contributed by atoms with Gasteiger partial charge in [-0.25, -0.2) is 0 Å². The van der Waals surface area contributed by atoms with Crippen LogP contribution in [0.15, 0.2) is 12.1 Å². The zero-order valence-corrected chi connectivity index (χ0v) is 13.7. The summed E-state index contributed by atoms with van der Waals surface area (Å²) in [5, 5.41) is 3.45. The molecule has 6 nitrogen and oxygen atoms in total. The molecule has 0 aromatic heterocycles. The van der Waals surface area contributed by atoms with Gasteiger partial charge in [-0.2, -0.15) is 0 Å². The summed E-state index contributed by atoms with van der Waals surface area (Å²) in [7, 11) is 4.88. The quantitative estimate of drug-likeness (QED) is 0.727. The van der Waals surface area contributed by atoms with Gasteiger partial charge in [0.1, 0.15) is 0 Å². The summed E-state index contributed by atoms with van der Waals surface area (Å²) in [6.07, 6.45) is 0. The van der Waals surface area contributed by atoms with Crippen LogP contribution in [-0.4, -0.2) is 65.6 Å². The number of rotatable bonds is 8. The minimum atomic E-state index is 0.627. The topological polar surface area (TPSA) is 52.2 Å². The van der Waals surface area contributed by atoms with Gasteiger partial charge in [-0.1, -0.05) is 0 Å². The molecule has 0 radical (unpaired) electrons. The molecule has 1 N–H and O–H groups in total. The van der Waals surface area contributed by atoms with Gasteiger partial charge in [-0.05, 0) is 17.7 Å². The van der Waals surface area contributed by atoms with E-state index < -0.39 is 0 Å². The number of benzene rings is 1. The summed E-state index contributed by atoms with van der Waals surface area (Å²) in [5.41, 5.74) is 1.11. The van der Waals surface area contributed by atoms with Gasteiger partial charge in [0.05, 0.1) is 34.5 Å². The number of nitrogens with zero attached hydrogens (tertiary/aromatic N) is 1. The highest BCUT2D eigenvalue weighted by molar-refractivity contribution is 5.53. The van der Waals surface area contributed by atoms with Crippen LogP contribution in [0.25, 0.3) is 0 Å². The first-order valence-electron chi connectivity index (χ1n) is 7.58. The Labute approximate surface area is 132 Å². The summed E-state index contributed by atoms with van der Waals surface area (Å²) in [6.45, 7) is 6.46. The number of nitrogens with one attached hydrogen (secondary N) is 1. The summed E-state index contributed by atoms with van der Waals surface area (Å²) < 4.78 is 21.4. The highest BCUT2D eigenvalue weighted by Crippen LogP contribution is 2.38. The average Bonchev–Trinajstić information content (AvgIpc) is 2.58. The first kappa shape index (κ1) is 16.9. The van der Waals surface area contributed by atoms with Crippen molar-refractivity contribution in [2.75, 3.05) is 60.7 Å². The third-order valence-electron chi connectivity index (χ3n) is 3.76. The van der Waals surface area contributed by atoms with Crippen LogP contribution in [0.5, 0.6) is 17.2 Å². The van der Waals surface area contributed by atoms with Gasteiger partial charge in [-0.15, -0.1) is 0 Å². The molecule has 0 saturated carbocycles. The van der Waals surface area contributed by atoms with Gasteiger partial charge < -0.3 is 24.3 Å². The Morgan fingerprint density at radius 3 is 2.23 bits per heavy atom. The first-order valence-corrected chi connectivity index (χ1v) is 7.58. The predicted octanol–water partition coefficient (Wildman–Crippen LogP) is 1.13. The Balaban J connectivity index is 1.86. The maximum Gasteiger partial charge on any atom is 0.203 e. The largest absolute Gasteiger partial charge is 0.493 e. The Kier molecular flexibility index (Phi) is 6.76. The van der Waals surface area contributed by atoms with E-state index in [0.717, 1.165) is 51.5 Å². The van der Waals surface area contributed by atoms with Crippen LogP contribution in [0.1, 0.15) is 5.56 Å². The molecule has 1 aliphatic rings. The van der Waals surface area contributed by atoms with E-state index in [4.69, 9.17) is 18.9 Å². The molecule has 1 aromatic rings. The van der Waals surface area contributed by atoms with E-state index in [-0.39, 0.29) is 0 Å². The number of ether oxygens (including phenoxy) is 4. The number of morpholine rings is 1. The van der Waals surface area contributed by atoms with Crippen LogP contribution in [0.2, 0.25) is 0 Å². The number of hydrogen-bond acceptors (Lipinski definition) is 6. The number of methoxy groups -OCH3 is 3. The van der Waals surface area contributed by atoms with Crippen LogP contribution in [0, 0.1) is 0 Å². The van der Waals surface area contributed by atoms with E-state index in [1.807, 2.05) is 12.1 Å². The van der Waals surface area contributed by atoms with Crippen molar-refractivity contribution in [3.8, 4) is 17.2 Å². The van der Waals surface area contributed by atoms with E-state index in [9.17, 15) is 0 Å². The second kappa shape index (κ2) is 8.82. The lowest BCUT2D eigenvalue weighted by atomic mass is 10.1. The third-order valence-corrected chi connectivity index (χ3v) is 3.76. The summed E-state index contributed by atoms with van der Waals surface area (Å²) >= 11 is 0. The van der Waals surface area contributed by atoms with Crippen molar-refractivity contribution >= 4 is 0 Å². The van der Waals surface area contributed by atoms with Crippen molar-refractivity contribution < 1.29 is 18.9 Å². The molecule has 0 spiro atoms. The highest BCUT2D eigenvalue weighted by Gasteiger charge is 2.13. The fourth-order valence-electron chi connectivity index (χ4n) is 2.53. The van der Waals surface area contributed by atoms with Crippen LogP contribution in [-0.2, 0) is 11.3 Å². The summed E-state index contributed by atoms with van der Waals surface area (Å²) in [4.78, 5) is 2.41. The molecule has 1 aromatic carbocycles. The maximum atomic E-state index is 5.37. The van der Waals surface area contributed by atoms with Crippen molar-refractivity contribution in [1.29, 1.82) is 0 Å². The van der Waals surface area contributed by atoms with Crippen molar-refractivity contribution in [2.24, 2.45) is 0 Å². The van der Waals surface area contributed by atoms with Gasteiger partial charge >= 0.3 is 0 Å². The maximum absolute atomic E-state index is 5.37. The monoisotopic (exact) mass is 310 g/mol. The molecular weight excluding hydrogens is 284 g/mol. The van der Waals surface area contributed by atoms with Gasteiger partial charge in [0, 0.05) is 32.7 Å². The molecule has 1 saturated heterocycles. The molecule has 1 heterocycles. The molecule has 0 amide bonds. The molecule has 0 aliphatic carbocycles. The molecule has 6 heteroatoms. The molecule has 2 rings (SSSR count). The van der Waals surface area contributed by atoms with Crippen LogP contribution < -0.4 is 19.5 Å². The van der Waals surface area contributed by atoms with Gasteiger partial charge in [0.15, 0.2) is 11.5 Å². The van der Waals surface area contributed by atoms with E-state index in [1.54, 1.807) is 21.3 Å². The minimum absolute atomic E-state index is 0.627. The molecule has 124 valence electrons. The van der Waals surface area contributed by atoms with E-state index in [1.165, 1.54) is 0 Å². The van der Waals surface area contributed by atoms with Crippen molar-refractivity contribution in [2.45, 2.75) is 6.54 Å². The van der Waals surface area contributed by atoms with E-state index >= 15 is 0 Å². The zero-order valence-electron chi connectivity index (χ0n) is 13.7. The first-order chi connectivity index (χ1) is 10.8. The number of hydrogen-bond donors (Lipinski definition) is 1. The van der Waals surface area contributed by atoms with Crippen molar-refractivity contribution in [3.05, 3.63) is 17.7 Å². The predicted molar refractivity (Wildman–Crippen MR) is 85.1 cm³/mol. The van der Waals surface area contributed by atoms with Gasteiger partial charge in [-0.3, -0.25) is 4.90 Å². The molecule has 22 heavy (non-hydrogen) atoms. The molecule has 0 atom stereocenters. The fraction of sp³-hybridized carbons (Fsp3) is 0.625. The lowest BCUT2D eigenvalue weighted by Gasteiger charge is -2.26. The minimum Gasteiger partial charge on any atom is -0.493 e. The van der Waals surface area contributed by atoms with Crippen LogP contribution >= 0.6 is 0 Å². The Morgan fingerprint density at radius 1 is 1.05 bits per heavy atom. The lowest BCUT2D eigenvalue weighted by Crippen LogP contribution is -2.40. The normalized spacial score (nSPS) is 15.6. The summed E-state index contributed by atoms with van der Waals surface area (Å²) in [6, 6.07) is 3.95. The third kappa shape index (κ3) is 4.50. The van der Waals surface area contributed by atoms with Crippen molar-refractivity contribution in [1.82, 2.24) is 10.2 Å². The molecule has 0 bridgehead atoms. The van der Waals surface area contributed by atoms with Crippen LogP contribution in [0.4, 0.5) is 0 Å². The Bertz CT molecular complexity index is 436. The fourth-order valence-corrected chi connectivity index (χ4v) is 2.53. The lowest BCUT2D eigenvalue weighted by molar-refractivity contribution is 0.0384. The second-order valence-electron chi connectivity index (χ2n) is 5.16. The smallest absolute Gasteiger partial charge is 0.203 e. The van der Waals surface area contributed by atoms with Crippen molar-refractivity contribution in [3.63, 3.8) is 0 Å². The highest BCUT2D eigenvalue weighted by atomic mass is 16.5. The molecular formula is C16H26N2O4. The summed E-state index contributed by atoms with van der Waals surface area (Å²) in [5.74, 6) is 2.00. The average molecular weight is 310 g/mol. The van der Waals surface area contributed by atoms with Gasteiger partial charge in [0.25, 0.3) is 0 Å². The Morgan fingerprint density at radius 2 is 1.68 bits per heavy atom. The SMILES string of the molecule is COc1cc(CNCCN2CCOCC2)cc(OC)c1OC. The van der Waals surface area contributed by atoms with E-state index in [2.05, 4.69) is 10.2 Å².